The van der Waals surface area contributed by atoms with Gasteiger partial charge in [0, 0.05) is 31.5 Å². The number of nitrogens with zero attached hydrogens (tertiary/aromatic N) is 4. The number of halogens is 1. The van der Waals surface area contributed by atoms with E-state index >= 15 is 0 Å². The van der Waals surface area contributed by atoms with Gasteiger partial charge in [-0.3, -0.25) is 0 Å². The van der Waals surface area contributed by atoms with E-state index in [1.807, 2.05) is 0 Å². The molecule has 27 heavy (non-hydrogen) atoms. The molecule has 148 valence electrons. The summed E-state index contributed by atoms with van der Waals surface area (Å²) < 4.78 is 2.23. The first kappa shape index (κ1) is 21.7. The van der Waals surface area contributed by atoms with Crippen LogP contribution in [-0.4, -0.2) is 33.8 Å². The summed E-state index contributed by atoms with van der Waals surface area (Å²) in [5, 5.41) is 15.5. The van der Waals surface area contributed by atoms with E-state index in [1.54, 1.807) is 0 Å². The Kier molecular flexibility index (Phi) is 8.07. The van der Waals surface area contributed by atoms with Gasteiger partial charge in [0.25, 0.3) is 0 Å². The Morgan fingerprint density at radius 1 is 1.15 bits per heavy atom. The van der Waals surface area contributed by atoms with Crippen LogP contribution in [0, 0.1) is 0 Å². The van der Waals surface area contributed by atoms with E-state index < -0.39 is 0 Å². The molecule has 2 N–H and O–H groups in total. The summed E-state index contributed by atoms with van der Waals surface area (Å²) >= 11 is 0. The minimum atomic E-state index is 0. The maximum Gasteiger partial charge on any atom is 0.191 e. The number of aryl methyl sites for hydroxylation is 1. The van der Waals surface area contributed by atoms with Gasteiger partial charge >= 0.3 is 0 Å². The molecule has 1 aromatic heterocycles. The summed E-state index contributed by atoms with van der Waals surface area (Å²) in [5.74, 6) is 2.88. The molecule has 0 saturated carbocycles. The van der Waals surface area contributed by atoms with Crippen molar-refractivity contribution >= 4 is 29.9 Å². The summed E-state index contributed by atoms with van der Waals surface area (Å²) in [6.45, 7) is 9.77. The van der Waals surface area contributed by atoms with Crippen molar-refractivity contribution in [1.82, 2.24) is 25.4 Å². The maximum atomic E-state index is 4.73. The lowest BCUT2D eigenvalue weighted by Gasteiger charge is -2.26. The zero-order chi connectivity index (χ0) is 18.4. The second-order valence-electron chi connectivity index (χ2n) is 7.44. The molecule has 0 atom stereocenters. The van der Waals surface area contributed by atoms with E-state index in [4.69, 9.17) is 4.99 Å². The second kappa shape index (κ2) is 10.1. The monoisotopic (exact) mass is 482 g/mol. The van der Waals surface area contributed by atoms with Gasteiger partial charge < -0.3 is 15.2 Å². The van der Waals surface area contributed by atoms with Gasteiger partial charge in [-0.25, -0.2) is 4.99 Å². The van der Waals surface area contributed by atoms with Crippen molar-refractivity contribution in [3.63, 3.8) is 0 Å². The molecule has 3 rings (SSSR count). The smallest absolute Gasteiger partial charge is 0.191 e. The van der Waals surface area contributed by atoms with Crippen molar-refractivity contribution in [1.29, 1.82) is 0 Å². The van der Waals surface area contributed by atoms with Gasteiger partial charge in [-0.05, 0) is 25.3 Å². The highest BCUT2D eigenvalue weighted by Crippen LogP contribution is 2.21. The number of aromatic nitrogens is 3. The summed E-state index contributed by atoms with van der Waals surface area (Å²) in [6.07, 6.45) is 3.44. The van der Waals surface area contributed by atoms with Crippen molar-refractivity contribution in [2.75, 3.05) is 13.1 Å². The largest absolute Gasteiger partial charge is 0.357 e. The zero-order valence-electron chi connectivity index (χ0n) is 16.5. The first-order valence-electron chi connectivity index (χ1n) is 9.59. The van der Waals surface area contributed by atoms with Crippen LogP contribution in [0.25, 0.3) is 0 Å². The molecule has 6 nitrogen and oxygen atoms in total. The summed E-state index contributed by atoms with van der Waals surface area (Å²) in [5.41, 5.74) is 1.33. The second-order valence-corrected chi connectivity index (χ2v) is 7.44. The van der Waals surface area contributed by atoms with Crippen LogP contribution in [0.4, 0.5) is 0 Å². The van der Waals surface area contributed by atoms with Crippen LogP contribution < -0.4 is 10.6 Å². The van der Waals surface area contributed by atoms with Crippen molar-refractivity contribution in [3.05, 3.63) is 47.5 Å². The van der Waals surface area contributed by atoms with Crippen molar-refractivity contribution < 1.29 is 0 Å². The molecule has 1 aliphatic heterocycles. The number of benzene rings is 1. The highest BCUT2D eigenvalue weighted by Gasteiger charge is 2.21. The molecule has 0 unspecified atom stereocenters. The average Bonchev–Trinajstić information content (AvgIpc) is 3.08. The van der Waals surface area contributed by atoms with Crippen molar-refractivity contribution in [2.45, 2.75) is 58.5 Å². The minimum absolute atomic E-state index is 0. The molecule has 2 aromatic rings. The number of hydrogen-bond acceptors (Lipinski definition) is 3. The third kappa shape index (κ3) is 5.67. The third-order valence-electron chi connectivity index (χ3n) is 4.91. The van der Waals surface area contributed by atoms with Crippen molar-refractivity contribution in [2.24, 2.45) is 4.99 Å². The zero-order valence-corrected chi connectivity index (χ0v) is 18.9. The molecule has 0 bridgehead atoms. The number of aliphatic imine (C=N–C) groups is 1. The van der Waals surface area contributed by atoms with Gasteiger partial charge in [0.15, 0.2) is 11.8 Å². The van der Waals surface area contributed by atoms with Crippen LogP contribution in [-0.2, 0) is 24.9 Å². The molecule has 0 radical (unpaired) electrons. The molecule has 0 aliphatic carbocycles. The number of fused-ring (bicyclic) bond motifs is 1. The molecule has 0 amide bonds. The van der Waals surface area contributed by atoms with Crippen molar-refractivity contribution in [3.8, 4) is 0 Å². The molecular formula is C20H31IN6. The summed E-state index contributed by atoms with van der Waals surface area (Å²) in [4.78, 5) is 4.73. The van der Waals surface area contributed by atoms with Crippen LogP contribution in [0.15, 0.2) is 35.3 Å². The standard InChI is InChI=1S/C20H30N6.HI/c1-4-21-19(23-15-20(2,3)16-10-6-5-7-11-16)22-14-18-25-24-17-12-8-9-13-26(17)18;/h5-7,10-11H,4,8-9,12-15H2,1-3H3,(H2,21,22,23);1H. The van der Waals surface area contributed by atoms with Gasteiger partial charge in [0.05, 0.1) is 0 Å². The number of rotatable bonds is 6. The fourth-order valence-corrected chi connectivity index (χ4v) is 3.27. The number of guanidine groups is 1. The summed E-state index contributed by atoms with van der Waals surface area (Å²) in [7, 11) is 0. The van der Waals surface area contributed by atoms with E-state index in [1.165, 1.54) is 18.4 Å². The normalized spacial score (nSPS) is 14.3. The maximum absolute atomic E-state index is 4.73. The molecule has 1 aliphatic rings. The lowest BCUT2D eigenvalue weighted by atomic mass is 9.85. The van der Waals surface area contributed by atoms with E-state index in [2.05, 4.69) is 76.5 Å². The van der Waals surface area contributed by atoms with Crippen LogP contribution in [0.3, 0.4) is 0 Å². The molecule has 0 saturated heterocycles. The fraction of sp³-hybridized carbons (Fsp3) is 0.550. The van der Waals surface area contributed by atoms with Gasteiger partial charge in [0.2, 0.25) is 0 Å². The molecule has 1 aromatic carbocycles. The Balaban J connectivity index is 0.00000261. The Labute approximate surface area is 179 Å². The van der Waals surface area contributed by atoms with E-state index in [9.17, 15) is 0 Å². The van der Waals surface area contributed by atoms with Crippen LogP contribution in [0.2, 0.25) is 0 Å². The Morgan fingerprint density at radius 3 is 2.67 bits per heavy atom. The lowest BCUT2D eigenvalue weighted by Crippen LogP contribution is -2.43. The van der Waals surface area contributed by atoms with Gasteiger partial charge in [-0.2, -0.15) is 0 Å². The number of nitrogens with one attached hydrogen (secondary N) is 2. The van der Waals surface area contributed by atoms with E-state index in [-0.39, 0.29) is 29.4 Å². The van der Waals surface area contributed by atoms with Gasteiger partial charge in [-0.15, -0.1) is 34.2 Å². The minimum Gasteiger partial charge on any atom is -0.357 e. The molecule has 0 spiro atoms. The topological polar surface area (TPSA) is 67.1 Å². The SMILES string of the molecule is CCNC(=NCc1nnc2n1CCCC2)NCC(C)(C)c1ccccc1.I. The molecule has 2 heterocycles. The van der Waals surface area contributed by atoms with Crippen LogP contribution >= 0.6 is 24.0 Å². The fourth-order valence-electron chi connectivity index (χ4n) is 3.27. The quantitative estimate of drug-likeness (QED) is 0.377. The number of hydrogen-bond donors (Lipinski definition) is 2. The molecule has 0 fully saturated rings. The third-order valence-corrected chi connectivity index (χ3v) is 4.91. The van der Waals surface area contributed by atoms with Crippen LogP contribution in [0.5, 0.6) is 0 Å². The highest BCUT2D eigenvalue weighted by atomic mass is 127. The average molecular weight is 482 g/mol. The Hall–Kier alpha value is -1.64. The Bertz CT molecular complexity index is 738. The van der Waals surface area contributed by atoms with E-state index in [0.29, 0.717) is 6.54 Å². The lowest BCUT2D eigenvalue weighted by molar-refractivity contribution is 0.504. The first-order chi connectivity index (χ1) is 12.6. The van der Waals surface area contributed by atoms with Gasteiger partial charge in [-0.1, -0.05) is 44.2 Å². The first-order valence-corrected chi connectivity index (χ1v) is 9.59. The Morgan fingerprint density at radius 2 is 1.93 bits per heavy atom. The summed E-state index contributed by atoms with van der Waals surface area (Å²) in [6, 6.07) is 10.6. The molecule has 7 heteroatoms. The van der Waals surface area contributed by atoms with E-state index in [0.717, 1.165) is 43.7 Å². The highest BCUT2D eigenvalue weighted by molar-refractivity contribution is 14.0. The predicted octanol–water partition coefficient (Wildman–Crippen LogP) is 3.27. The predicted molar refractivity (Wildman–Crippen MR) is 121 cm³/mol. The van der Waals surface area contributed by atoms with Crippen LogP contribution in [0.1, 0.15) is 50.8 Å². The molecular weight excluding hydrogens is 451 g/mol. The van der Waals surface area contributed by atoms with Gasteiger partial charge in [0.1, 0.15) is 12.4 Å².